The van der Waals surface area contributed by atoms with E-state index in [2.05, 4.69) is 26.2 Å². The van der Waals surface area contributed by atoms with Crippen molar-refractivity contribution in [3.8, 4) is 17.3 Å². The third kappa shape index (κ3) is 2.05. The Hall–Kier alpha value is -1.67. The van der Waals surface area contributed by atoms with Crippen molar-refractivity contribution in [1.82, 2.24) is 15.0 Å². The van der Waals surface area contributed by atoms with E-state index in [1.54, 1.807) is 10.9 Å². The molecule has 0 N–H and O–H groups in total. The number of nitriles is 1. The molecule has 0 atom stereocenters. The Labute approximate surface area is 95.3 Å². The fraction of sp³-hybridized carbons (Fsp3) is 0.100. The van der Waals surface area contributed by atoms with Gasteiger partial charge in [-0.25, -0.2) is 4.68 Å². The van der Waals surface area contributed by atoms with Gasteiger partial charge in [-0.2, -0.15) is 5.26 Å². The van der Waals surface area contributed by atoms with Crippen LogP contribution in [0.5, 0.6) is 0 Å². The maximum Gasteiger partial charge on any atom is 0.130 e. The lowest BCUT2D eigenvalue weighted by atomic mass is 10.2. The molecule has 2 rings (SSSR count). The van der Waals surface area contributed by atoms with Crippen molar-refractivity contribution in [1.29, 1.82) is 5.26 Å². The Kier molecular flexibility index (Phi) is 2.79. The predicted molar refractivity (Wildman–Crippen MR) is 58.8 cm³/mol. The first-order valence-corrected chi connectivity index (χ1v) is 5.12. The van der Waals surface area contributed by atoms with E-state index in [1.807, 2.05) is 30.3 Å². The van der Waals surface area contributed by atoms with Crippen molar-refractivity contribution in [3.63, 3.8) is 0 Å². The van der Waals surface area contributed by atoms with E-state index in [4.69, 9.17) is 5.26 Å². The highest BCUT2D eigenvalue weighted by Gasteiger charge is 2.05. The van der Waals surface area contributed by atoms with Gasteiger partial charge in [0.2, 0.25) is 0 Å². The maximum absolute atomic E-state index is 8.62. The number of halogens is 1. The normalized spacial score (nSPS) is 9.87. The summed E-state index contributed by atoms with van der Waals surface area (Å²) in [6.07, 6.45) is 1.65. The molecule has 4 nitrogen and oxygen atoms in total. The topological polar surface area (TPSA) is 54.5 Å². The van der Waals surface area contributed by atoms with Gasteiger partial charge in [-0.1, -0.05) is 33.3 Å². The summed E-state index contributed by atoms with van der Waals surface area (Å²) in [5.41, 5.74) is 1.84. The molecule has 2 aromatic rings. The monoisotopic (exact) mass is 262 g/mol. The maximum atomic E-state index is 8.62. The molecule has 0 saturated heterocycles. The zero-order valence-corrected chi connectivity index (χ0v) is 9.35. The van der Waals surface area contributed by atoms with Gasteiger partial charge >= 0.3 is 0 Å². The Balaban J connectivity index is 2.45. The van der Waals surface area contributed by atoms with Crippen LogP contribution >= 0.6 is 15.9 Å². The van der Waals surface area contributed by atoms with E-state index in [0.717, 1.165) is 15.7 Å². The quantitative estimate of drug-likeness (QED) is 0.834. The minimum absolute atomic E-state index is 0.210. The molecule has 0 amide bonds. The highest BCUT2D eigenvalue weighted by atomic mass is 79.9. The molecule has 0 aliphatic carbocycles. The standard InChI is InChI=1S/C10H7BrN4/c11-9-3-1-2-8(6-9)10-7-13-14-15(10)5-4-12/h1-3,6-7H,5H2. The van der Waals surface area contributed by atoms with Crippen LogP contribution in [0.4, 0.5) is 0 Å². The number of benzene rings is 1. The summed E-state index contributed by atoms with van der Waals surface area (Å²) in [6.45, 7) is 0.210. The SMILES string of the molecule is N#CCn1nncc1-c1cccc(Br)c1. The summed E-state index contributed by atoms with van der Waals surface area (Å²) < 4.78 is 2.56. The Bertz CT molecular complexity index is 512. The summed E-state index contributed by atoms with van der Waals surface area (Å²) in [7, 11) is 0. The average molecular weight is 263 g/mol. The molecular weight excluding hydrogens is 256 g/mol. The van der Waals surface area contributed by atoms with Gasteiger partial charge in [0.25, 0.3) is 0 Å². The molecule has 0 radical (unpaired) electrons. The van der Waals surface area contributed by atoms with E-state index in [1.165, 1.54) is 0 Å². The lowest BCUT2D eigenvalue weighted by Gasteiger charge is -2.02. The molecule has 0 unspecified atom stereocenters. The van der Waals surface area contributed by atoms with Crippen LogP contribution in [-0.2, 0) is 6.54 Å². The predicted octanol–water partition coefficient (Wildman–Crippen LogP) is 2.23. The summed E-state index contributed by atoms with van der Waals surface area (Å²) in [5.74, 6) is 0. The molecular formula is C10H7BrN4. The van der Waals surface area contributed by atoms with Crippen molar-refractivity contribution in [3.05, 3.63) is 34.9 Å². The van der Waals surface area contributed by atoms with Crippen LogP contribution in [0, 0.1) is 11.3 Å². The van der Waals surface area contributed by atoms with Crippen molar-refractivity contribution >= 4 is 15.9 Å². The Morgan fingerprint density at radius 1 is 1.47 bits per heavy atom. The molecule has 0 bridgehead atoms. The van der Waals surface area contributed by atoms with Crippen LogP contribution in [-0.4, -0.2) is 15.0 Å². The second kappa shape index (κ2) is 4.24. The van der Waals surface area contributed by atoms with Gasteiger partial charge < -0.3 is 0 Å². The van der Waals surface area contributed by atoms with Gasteiger partial charge in [0.15, 0.2) is 0 Å². The van der Waals surface area contributed by atoms with Crippen molar-refractivity contribution in [2.75, 3.05) is 0 Å². The molecule has 15 heavy (non-hydrogen) atoms. The molecule has 0 saturated carbocycles. The molecule has 0 aliphatic rings. The smallest absolute Gasteiger partial charge is 0.130 e. The van der Waals surface area contributed by atoms with Crippen LogP contribution in [0.1, 0.15) is 0 Å². The lowest BCUT2D eigenvalue weighted by Crippen LogP contribution is -2.00. The Morgan fingerprint density at radius 3 is 3.07 bits per heavy atom. The first-order valence-electron chi connectivity index (χ1n) is 4.32. The van der Waals surface area contributed by atoms with Gasteiger partial charge in [0.05, 0.1) is 18.0 Å². The van der Waals surface area contributed by atoms with Crippen molar-refractivity contribution in [2.24, 2.45) is 0 Å². The number of nitrogens with zero attached hydrogens (tertiary/aromatic N) is 4. The first kappa shape index (κ1) is 9.87. The van der Waals surface area contributed by atoms with E-state index in [0.29, 0.717) is 0 Å². The van der Waals surface area contributed by atoms with Gasteiger partial charge in [0.1, 0.15) is 6.54 Å². The van der Waals surface area contributed by atoms with Gasteiger partial charge in [-0.05, 0) is 12.1 Å². The molecule has 1 heterocycles. The summed E-state index contributed by atoms with van der Waals surface area (Å²) in [5, 5.41) is 16.3. The molecule has 5 heteroatoms. The number of aromatic nitrogens is 3. The number of rotatable bonds is 2. The third-order valence-electron chi connectivity index (χ3n) is 1.96. The number of hydrogen-bond donors (Lipinski definition) is 0. The molecule has 0 fully saturated rings. The van der Waals surface area contributed by atoms with Crippen molar-refractivity contribution < 1.29 is 0 Å². The van der Waals surface area contributed by atoms with Crippen LogP contribution in [0.25, 0.3) is 11.3 Å². The van der Waals surface area contributed by atoms with Gasteiger partial charge in [0, 0.05) is 10.0 Å². The molecule has 1 aromatic heterocycles. The molecule has 1 aromatic carbocycles. The summed E-state index contributed by atoms with van der Waals surface area (Å²) in [4.78, 5) is 0. The van der Waals surface area contributed by atoms with E-state index < -0.39 is 0 Å². The van der Waals surface area contributed by atoms with Gasteiger partial charge in [-0.3, -0.25) is 0 Å². The highest BCUT2D eigenvalue weighted by Crippen LogP contribution is 2.21. The third-order valence-corrected chi connectivity index (χ3v) is 2.45. The minimum atomic E-state index is 0.210. The average Bonchev–Trinajstić information content (AvgIpc) is 2.66. The molecule has 0 spiro atoms. The van der Waals surface area contributed by atoms with Crippen molar-refractivity contribution in [2.45, 2.75) is 6.54 Å². The summed E-state index contributed by atoms with van der Waals surface area (Å²) >= 11 is 3.40. The van der Waals surface area contributed by atoms with Crippen LogP contribution < -0.4 is 0 Å². The zero-order chi connectivity index (χ0) is 10.7. The molecule has 0 aliphatic heterocycles. The van der Waals surface area contributed by atoms with Crippen LogP contribution in [0.3, 0.4) is 0 Å². The van der Waals surface area contributed by atoms with E-state index in [9.17, 15) is 0 Å². The largest absolute Gasteiger partial charge is 0.231 e. The molecule has 74 valence electrons. The van der Waals surface area contributed by atoms with Crippen LogP contribution in [0.15, 0.2) is 34.9 Å². The zero-order valence-electron chi connectivity index (χ0n) is 7.76. The number of hydrogen-bond acceptors (Lipinski definition) is 3. The second-order valence-electron chi connectivity index (χ2n) is 2.95. The van der Waals surface area contributed by atoms with Crippen LogP contribution in [0.2, 0.25) is 0 Å². The Morgan fingerprint density at radius 2 is 2.33 bits per heavy atom. The van der Waals surface area contributed by atoms with E-state index >= 15 is 0 Å². The second-order valence-corrected chi connectivity index (χ2v) is 3.86. The highest BCUT2D eigenvalue weighted by molar-refractivity contribution is 9.10. The lowest BCUT2D eigenvalue weighted by molar-refractivity contribution is 0.674. The van der Waals surface area contributed by atoms with Gasteiger partial charge in [-0.15, -0.1) is 5.10 Å². The van der Waals surface area contributed by atoms with E-state index in [-0.39, 0.29) is 6.54 Å². The minimum Gasteiger partial charge on any atom is -0.231 e. The summed E-state index contributed by atoms with van der Waals surface area (Å²) in [6, 6.07) is 9.84. The first-order chi connectivity index (χ1) is 7.31. The fourth-order valence-corrected chi connectivity index (χ4v) is 1.71. The fourth-order valence-electron chi connectivity index (χ4n) is 1.31.